The van der Waals surface area contributed by atoms with E-state index in [1.54, 1.807) is 18.2 Å². The van der Waals surface area contributed by atoms with Crippen molar-refractivity contribution >= 4 is 38.9 Å². The van der Waals surface area contributed by atoms with E-state index in [0.717, 1.165) is 25.2 Å². The van der Waals surface area contributed by atoms with Crippen LogP contribution in [0.25, 0.3) is 0 Å². The van der Waals surface area contributed by atoms with Gasteiger partial charge in [-0.25, -0.2) is 18.4 Å². The van der Waals surface area contributed by atoms with Gasteiger partial charge < -0.3 is 19.5 Å². The van der Waals surface area contributed by atoms with Crippen LogP contribution in [0.1, 0.15) is 18.0 Å². The lowest BCUT2D eigenvalue weighted by atomic mass is 9.83. The summed E-state index contributed by atoms with van der Waals surface area (Å²) in [7, 11) is -2.50. The first-order valence-electron chi connectivity index (χ1n) is 11.1. The number of thiocarbonyl (C=S) groups is 1. The minimum Gasteiger partial charge on any atom is -0.478 e. The predicted molar refractivity (Wildman–Crippen MR) is 135 cm³/mol. The van der Waals surface area contributed by atoms with Crippen molar-refractivity contribution in [2.45, 2.75) is 23.8 Å². The van der Waals surface area contributed by atoms with Crippen molar-refractivity contribution in [2.24, 2.45) is 5.92 Å². The quantitative estimate of drug-likeness (QED) is 0.496. The van der Waals surface area contributed by atoms with E-state index in [2.05, 4.69) is 24.9 Å². The predicted octanol–water partition coefficient (Wildman–Crippen LogP) is 2.26. The summed E-state index contributed by atoms with van der Waals surface area (Å²) in [6, 6.07) is 11.7. The second-order valence-corrected chi connectivity index (χ2v) is 10.6. The molecule has 12 heteroatoms. The van der Waals surface area contributed by atoms with E-state index in [1.807, 2.05) is 16.7 Å². The Morgan fingerprint density at radius 1 is 1.09 bits per heavy atom. The molecule has 0 saturated carbocycles. The number of aromatic nitrogens is 3. The molecule has 5 rings (SSSR count). The van der Waals surface area contributed by atoms with Crippen LogP contribution in [0, 0.1) is 5.92 Å². The molecular weight excluding hydrogens is 488 g/mol. The zero-order valence-electron chi connectivity index (χ0n) is 18.9. The average Bonchev–Trinajstić information content (AvgIpc) is 2.85. The van der Waals surface area contributed by atoms with Gasteiger partial charge in [0.2, 0.25) is 5.82 Å². The van der Waals surface area contributed by atoms with Gasteiger partial charge in [0.25, 0.3) is 21.5 Å². The summed E-state index contributed by atoms with van der Waals surface area (Å²) in [5.74, 6) is 0.682. The third-order valence-electron chi connectivity index (χ3n) is 6.27. The van der Waals surface area contributed by atoms with Crippen LogP contribution in [-0.2, 0) is 16.6 Å². The summed E-state index contributed by atoms with van der Waals surface area (Å²) in [6.45, 7) is 2.18. The Morgan fingerprint density at radius 3 is 2.63 bits per heavy atom. The Morgan fingerprint density at radius 2 is 1.86 bits per heavy atom. The van der Waals surface area contributed by atoms with Crippen molar-refractivity contribution in [1.82, 2.24) is 19.4 Å². The van der Waals surface area contributed by atoms with Crippen LogP contribution in [0.2, 0.25) is 0 Å². The largest absolute Gasteiger partial charge is 0.478 e. The molecule has 2 aromatic heterocycles. The van der Waals surface area contributed by atoms with Crippen molar-refractivity contribution in [2.75, 3.05) is 30.2 Å². The topological polar surface area (TPSA) is 118 Å². The molecule has 1 saturated heterocycles. The van der Waals surface area contributed by atoms with E-state index in [4.69, 9.17) is 17.0 Å². The summed E-state index contributed by atoms with van der Waals surface area (Å²) >= 11 is 5.67. The van der Waals surface area contributed by atoms with Crippen molar-refractivity contribution in [3.63, 3.8) is 0 Å². The first kappa shape index (κ1) is 23.2. The van der Waals surface area contributed by atoms with E-state index in [-0.39, 0.29) is 28.1 Å². The lowest BCUT2D eigenvalue weighted by Crippen LogP contribution is -2.50. The SMILES string of the molecule is COc1nccnc1NS(=O)(=O)c1ccc(NC(=S)N2CC3C[C@@H](C2)c2cccc(=O)n2C3)cc1. The molecule has 1 fully saturated rings. The van der Waals surface area contributed by atoms with E-state index in [1.165, 1.54) is 31.6 Å². The molecule has 0 radical (unpaired) electrons. The minimum absolute atomic E-state index is 0.0119. The highest BCUT2D eigenvalue weighted by atomic mass is 32.2. The van der Waals surface area contributed by atoms with E-state index in [0.29, 0.717) is 23.3 Å². The molecule has 2 aliphatic heterocycles. The molecule has 3 aromatic rings. The van der Waals surface area contributed by atoms with Gasteiger partial charge in [0.15, 0.2) is 5.11 Å². The van der Waals surface area contributed by atoms with Gasteiger partial charge >= 0.3 is 0 Å². The molecule has 2 N–H and O–H groups in total. The number of anilines is 2. The third-order valence-corrected chi connectivity index (χ3v) is 7.99. The molecule has 0 spiro atoms. The highest BCUT2D eigenvalue weighted by Gasteiger charge is 2.35. The molecule has 1 unspecified atom stereocenters. The van der Waals surface area contributed by atoms with Gasteiger partial charge in [0, 0.05) is 55.4 Å². The van der Waals surface area contributed by atoms with Crippen LogP contribution in [0.3, 0.4) is 0 Å². The fourth-order valence-electron chi connectivity index (χ4n) is 4.71. The minimum atomic E-state index is -3.89. The Hall–Kier alpha value is -3.51. The van der Waals surface area contributed by atoms with Crippen LogP contribution < -0.4 is 20.3 Å². The molecule has 2 aliphatic rings. The number of rotatable bonds is 5. The van der Waals surface area contributed by atoms with Crippen LogP contribution in [0.15, 0.2) is 64.5 Å². The molecule has 2 bridgehead atoms. The molecule has 35 heavy (non-hydrogen) atoms. The summed E-state index contributed by atoms with van der Waals surface area (Å²) in [6.07, 6.45) is 3.83. The monoisotopic (exact) mass is 512 g/mol. The molecule has 182 valence electrons. The number of pyridine rings is 1. The molecule has 4 heterocycles. The standard InChI is InChI=1S/C23H24N6O4S2/c1-33-22-21(24-9-10-25-22)27-35(31,32)18-7-5-17(6-8-18)26-23(34)28-12-15-11-16(14-28)19-3-2-4-20(30)29(19)13-15/h2-10,15-16H,11-14H2,1H3,(H,24,27)(H,26,34)/t15?,16-/m0/s1. The number of nitrogens with zero attached hydrogens (tertiary/aromatic N) is 4. The Bertz CT molecular complexity index is 1420. The first-order chi connectivity index (χ1) is 16.8. The van der Waals surface area contributed by atoms with Crippen molar-refractivity contribution < 1.29 is 13.2 Å². The number of hydrogen-bond donors (Lipinski definition) is 2. The van der Waals surface area contributed by atoms with Gasteiger partial charge in [-0.05, 0) is 54.9 Å². The van der Waals surface area contributed by atoms with E-state index in [9.17, 15) is 13.2 Å². The second-order valence-electron chi connectivity index (χ2n) is 8.58. The van der Waals surface area contributed by atoms with Crippen LogP contribution in [0.4, 0.5) is 11.5 Å². The van der Waals surface area contributed by atoms with E-state index >= 15 is 0 Å². The Kier molecular flexibility index (Phi) is 6.15. The number of benzene rings is 1. The summed E-state index contributed by atoms with van der Waals surface area (Å²) in [4.78, 5) is 22.4. The smallest absolute Gasteiger partial charge is 0.263 e. The number of hydrogen-bond acceptors (Lipinski definition) is 7. The number of ether oxygens (including phenoxy) is 1. The first-order valence-corrected chi connectivity index (χ1v) is 13.0. The zero-order chi connectivity index (χ0) is 24.6. The highest BCUT2D eigenvalue weighted by molar-refractivity contribution is 7.92. The Balaban J connectivity index is 1.26. The van der Waals surface area contributed by atoms with Gasteiger partial charge in [-0.1, -0.05) is 6.07 Å². The third kappa shape index (κ3) is 4.71. The number of likely N-dealkylation sites (tertiary alicyclic amines) is 1. The molecule has 0 aliphatic carbocycles. The maximum Gasteiger partial charge on any atom is 0.263 e. The number of methoxy groups -OCH3 is 1. The highest BCUT2D eigenvalue weighted by Crippen LogP contribution is 2.35. The summed E-state index contributed by atoms with van der Waals surface area (Å²) < 4.78 is 34.9. The molecular formula is C23H24N6O4S2. The van der Waals surface area contributed by atoms with Gasteiger partial charge in [-0.2, -0.15) is 0 Å². The number of nitrogens with one attached hydrogen (secondary N) is 2. The maximum absolute atomic E-state index is 12.8. The van der Waals surface area contributed by atoms with Crippen LogP contribution >= 0.6 is 12.2 Å². The number of piperidine rings is 1. The Labute approximate surface area is 208 Å². The zero-order valence-corrected chi connectivity index (χ0v) is 20.6. The normalized spacial score (nSPS) is 18.9. The number of sulfonamides is 1. The molecule has 10 nitrogen and oxygen atoms in total. The summed E-state index contributed by atoms with van der Waals surface area (Å²) in [5.41, 5.74) is 1.79. The van der Waals surface area contributed by atoms with Crippen molar-refractivity contribution in [3.8, 4) is 5.88 Å². The molecule has 1 aromatic carbocycles. The van der Waals surface area contributed by atoms with Crippen molar-refractivity contribution in [3.05, 3.63) is 70.9 Å². The number of fused-ring (bicyclic) bond motifs is 4. The van der Waals surface area contributed by atoms with Crippen molar-refractivity contribution in [1.29, 1.82) is 0 Å². The van der Waals surface area contributed by atoms with Crippen LogP contribution in [0.5, 0.6) is 5.88 Å². The fraction of sp³-hybridized carbons (Fsp3) is 0.304. The lowest BCUT2D eigenvalue weighted by Gasteiger charge is -2.43. The van der Waals surface area contributed by atoms with Gasteiger partial charge in [-0.3, -0.25) is 9.52 Å². The maximum atomic E-state index is 12.8. The van der Waals surface area contributed by atoms with E-state index < -0.39 is 10.0 Å². The summed E-state index contributed by atoms with van der Waals surface area (Å²) in [5, 5.41) is 3.79. The van der Waals surface area contributed by atoms with Crippen LogP contribution in [-0.4, -0.2) is 53.2 Å². The van der Waals surface area contributed by atoms with Gasteiger partial charge in [0.1, 0.15) is 0 Å². The second kappa shape index (κ2) is 9.27. The molecule has 0 amide bonds. The van der Waals surface area contributed by atoms with Gasteiger partial charge in [0.05, 0.1) is 12.0 Å². The average molecular weight is 513 g/mol. The van der Waals surface area contributed by atoms with Gasteiger partial charge in [-0.15, -0.1) is 0 Å². The lowest BCUT2D eigenvalue weighted by molar-refractivity contribution is 0.180. The fourth-order valence-corrected chi connectivity index (χ4v) is 5.99. The molecule has 2 atom stereocenters.